The maximum Gasteiger partial charge on any atom is 0.345 e. The lowest BCUT2D eigenvalue weighted by Gasteiger charge is -2.19. The van der Waals surface area contributed by atoms with Crippen molar-refractivity contribution < 1.29 is 19.2 Å². The molecule has 0 saturated carbocycles. The molecule has 0 saturated heterocycles. The fourth-order valence-corrected chi connectivity index (χ4v) is 2.75. The van der Waals surface area contributed by atoms with E-state index >= 15 is 0 Å². The Morgan fingerprint density at radius 2 is 1.96 bits per heavy atom. The largest absolute Gasteiger partial charge is 0.507 e. The number of nitro benzene ring substituents is 1. The molecular formula is C18H14N2O6. The van der Waals surface area contributed by atoms with E-state index < -0.39 is 22.5 Å². The molecule has 0 aliphatic carbocycles. The molecule has 1 atom stereocenters. The maximum absolute atomic E-state index is 12.5. The van der Waals surface area contributed by atoms with E-state index in [2.05, 4.69) is 5.32 Å². The molecule has 1 unspecified atom stereocenters. The highest BCUT2D eigenvalue weighted by Crippen LogP contribution is 2.33. The van der Waals surface area contributed by atoms with E-state index in [-0.39, 0.29) is 28.1 Å². The van der Waals surface area contributed by atoms with Crippen molar-refractivity contribution >= 4 is 22.6 Å². The summed E-state index contributed by atoms with van der Waals surface area (Å²) in [4.78, 5) is 34.5. The van der Waals surface area contributed by atoms with Gasteiger partial charge in [-0.2, -0.15) is 0 Å². The highest BCUT2D eigenvalue weighted by atomic mass is 16.6. The molecule has 1 heterocycles. The van der Waals surface area contributed by atoms with Crippen molar-refractivity contribution in [3.05, 3.63) is 80.2 Å². The minimum Gasteiger partial charge on any atom is -0.507 e. The third-order valence-electron chi connectivity index (χ3n) is 3.87. The van der Waals surface area contributed by atoms with Crippen LogP contribution in [-0.4, -0.2) is 15.9 Å². The molecule has 1 amide bonds. The number of nitrogens with zero attached hydrogens (tertiary/aromatic N) is 1. The lowest BCUT2D eigenvalue weighted by molar-refractivity contribution is -0.384. The monoisotopic (exact) mass is 354 g/mol. The van der Waals surface area contributed by atoms with E-state index in [0.717, 1.165) is 0 Å². The number of rotatable bonds is 4. The van der Waals surface area contributed by atoms with Crippen molar-refractivity contribution in [2.45, 2.75) is 13.0 Å². The lowest BCUT2D eigenvalue weighted by atomic mass is 9.97. The number of nitro groups is 1. The summed E-state index contributed by atoms with van der Waals surface area (Å²) in [5, 5.41) is 24.5. The topological polar surface area (TPSA) is 123 Å². The van der Waals surface area contributed by atoms with Gasteiger partial charge in [-0.3, -0.25) is 14.9 Å². The van der Waals surface area contributed by atoms with Crippen LogP contribution in [0.1, 0.15) is 24.1 Å². The Hall–Kier alpha value is -3.68. The van der Waals surface area contributed by atoms with Crippen LogP contribution in [-0.2, 0) is 4.79 Å². The number of benzene rings is 2. The van der Waals surface area contributed by atoms with Gasteiger partial charge in [0.1, 0.15) is 16.9 Å². The number of fused-ring (bicyclic) bond motifs is 1. The van der Waals surface area contributed by atoms with Crippen molar-refractivity contribution in [3.63, 3.8) is 0 Å². The standard InChI is InChI=1S/C18H14N2O6/c1-10(21)19-16(11-5-4-6-12(9-11)20(24)25)15-17(22)13-7-2-3-8-14(13)26-18(15)23/h2-9,16,22H,1H3,(H,19,21). The Kier molecular flexibility index (Phi) is 4.40. The van der Waals surface area contributed by atoms with E-state index in [0.29, 0.717) is 5.39 Å². The smallest absolute Gasteiger partial charge is 0.345 e. The van der Waals surface area contributed by atoms with Crippen LogP contribution in [0, 0.1) is 10.1 Å². The Balaban J connectivity index is 2.26. The van der Waals surface area contributed by atoms with Crippen LogP contribution >= 0.6 is 0 Å². The summed E-state index contributed by atoms with van der Waals surface area (Å²) in [7, 11) is 0. The number of amides is 1. The maximum atomic E-state index is 12.5. The van der Waals surface area contributed by atoms with Gasteiger partial charge in [0.05, 0.1) is 16.4 Å². The van der Waals surface area contributed by atoms with Gasteiger partial charge in [-0.25, -0.2) is 4.79 Å². The molecule has 0 fully saturated rings. The van der Waals surface area contributed by atoms with E-state index in [9.17, 15) is 24.8 Å². The van der Waals surface area contributed by atoms with Crippen LogP contribution in [0.15, 0.2) is 57.7 Å². The molecule has 26 heavy (non-hydrogen) atoms. The number of hydrogen-bond acceptors (Lipinski definition) is 6. The second-order valence-corrected chi connectivity index (χ2v) is 5.63. The van der Waals surface area contributed by atoms with Gasteiger partial charge in [-0.1, -0.05) is 24.3 Å². The highest BCUT2D eigenvalue weighted by molar-refractivity contribution is 5.84. The Bertz CT molecular complexity index is 1070. The van der Waals surface area contributed by atoms with E-state index in [1.54, 1.807) is 18.2 Å². The van der Waals surface area contributed by atoms with Gasteiger partial charge in [0, 0.05) is 19.1 Å². The highest BCUT2D eigenvalue weighted by Gasteiger charge is 2.26. The summed E-state index contributed by atoms with van der Waals surface area (Å²) in [6, 6.07) is 10.8. The van der Waals surface area contributed by atoms with Gasteiger partial charge in [0.15, 0.2) is 0 Å². The van der Waals surface area contributed by atoms with Gasteiger partial charge in [-0.15, -0.1) is 0 Å². The third-order valence-corrected chi connectivity index (χ3v) is 3.87. The number of nitrogens with one attached hydrogen (secondary N) is 1. The number of carbonyl (C=O) groups excluding carboxylic acids is 1. The Morgan fingerprint density at radius 3 is 2.65 bits per heavy atom. The number of para-hydroxylation sites is 1. The molecule has 3 aromatic rings. The fourth-order valence-electron chi connectivity index (χ4n) is 2.75. The number of carbonyl (C=O) groups is 1. The van der Waals surface area contributed by atoms with E-state index in [1.807, 2.05) is 0 Å². The molecule has 0 aliphatic heterocycles. The molecule has 0 radical (unpaired) electrons. The molecule has 2 N–H and O–H groups in total. The molecule has 3 rings (SSSR count). The van der Waals surface area contributed by atoms with Crippen LogP contribution in [0.5, 0.6) is 5.75 Å². The first-order valence-corrected chi connectivity index (χ1v) is 7.64. The molecule has 0 aliphatic rings. The van der Waals surface area contributed by atoms with Crippen LogP contribution in [0.3, 0.4) is 0 Å². The predicted molar refractivity (Wildman–Crippen MR) is 92.9 cm³/mol. The number of aromatic hydroxyl groups is 1. The van der Waals surface area contributed by atoms with Crippen molar-refractivity contribution in [3.8, 4) is 5.75 Å². The van der Waals surface area contributed by atoms with Gasteiger partial charge in [-0.05, 0) is 17.7 Å². The minimum atomic E-state index is -1.10. The molecule has 1 aromatic heterocycles. The Labute approximate surface area is 146 Å². The lowest BCUT2D eigenvalue weighted by Crippen LogP contribution is -2.30. The average molecular weight is 354 g/mol. The second-order valence-electron chi connectivity index (χ2n) is 5.63. The van der Waals surface area contributed by atoms with Crippen LogP contribution in [0.2, 0.25) is 0 Å². The molecule has 132 valence electrons. The summed E-state index contributed by atoms with van der Waals surface area (Å²) in [6.45, 7) is 1.24. The predicted octanol–water partition coefficient (Wildman–Crippen LogP) is 2.63. The van der Waals surface area contributed by atoms with Crippen LogP contribution in [0.25, 0.3) is 11.0 Å². The summed E-state index contributed by atoms with van der Waals surface area (Å²) in [5.41, 5.74) is -0.778. The molecule has 8 heteroatoms. The zero-order valence-corrected chi connectivity index (χ0v) is 13.6. The van der Waals surface area contributed by atoms with Crippen LogP contribution in [0.4, 0.5) is 5.69 Å². The molecule has 0 bridgehead atoms. The summed E-state index contributed by atoms with van der Waals surface area (Å²) >= 11 is 0. The fraction of sp³-hybridized carbons (Fsp3) is 0.111. The quantitative estimate of drug-likeness (QED) is 0.422. The second kappa shape index (κ2) is 6.67. The summed E-state index contributed by atoms with van der Waals surface area (Å²) in [6.07, 6.45) is 0. The zero-order valence-electron chi connectivity index (χ0n) is 13.6. The first kappa shape index (κ1) is 17.2. The molecule has 0 spiro atoms. The zero-order chi connectivity index (χ0) is 18.8. The third kappa shape index (κ3) is 3.12. The van der Waals surface area contributed by atoms with Gasteiger partial charge >= 0.3 is 5.63 Å². The van der Waals surface area contributed by atoms with Crippen LogP contribution < -0.4 is 10.9 Å². The van der Waals surface area contributed by atoms with E-state index in [1.165, 1.54) is 37.3 Å². The first-order valence-electron chi connectivity index (χ1n) is 7.64. The normalized spacial score (nSPS) is 11.9. The van der Waals surface area contributed by atoms with Crippen molar-refractivity contribution in [1.29, 1.82) is 0 Å². The Morgan fingerprint density at radius 1 is 1.23 bits per heavy atom. The molecular weight excluding hydrogens is 340 g/mol. The van der Waals surface area contributed by atoms with Gasteiger partial charge in [0.25, 0.3) is 5.69 Å². The van der Waals surface area contributed by atoms with E-state index in [4.69, 9.17) is 4.42 Å². The molecule has 8 nitrogen and oxygen atoms in total. The number of non-ortho nitro benzene ring substituents is 1. The summed E-state index contributed by atoms with van der Waals surface area (Å²) < 4.78 is 5.23. The molecule has 2 aromatic carbocycles. The van der Waals surface area contributed by atoms with Gasteiger partial charge in [0.2, 0.25) is 5.91 Å². The SMILES string of the molecule is CC(=O)NC(c1cccc([N+](=O)[O-])c1)c1c(O)c2ccccc2oc1=O. The van der Waals surface area contributed by atoms with Crippen molar-refractivity contribution in [2.75, 3.05) is 0 Å². The first-order chi connectivity index (χ1) is 12.4. The average Bonchev–Trinajstić information content (AvgIpc) is 2.60. The van der Waals surface area contributed by atoms with Crippen molar-refractivity contribution in [1.82, 2.24) is 5.32 Å². The summed E-state index contributed by atoms with van der Waals surface area (Å²) in [5.74, 6) is -0.824. The number of hydrogen-bond donors (Lipinski definition) is 2. The minimum absolute atomic E-state index is 0.194. The van der Waals surface area contributed by atoms with Crippen molar-refractivity contribution in [2.24, 2.45) is 0 Å². The van der Waals surface area contributed by atoms with Gasteiger partial charge < -0.3 is 14.8 Å².